The number of nitrogens with two attached hydrogens (primary N) is 1. The molecule has 0 saturated heterocycles. The second kappa shape index (κ2) is 6.24. The molecule has 1 aromatic carbocycles. The van der Waals surface area contributed by atoms with Crippen LogP contribution < -0.4 is 15.2 Å². The number of imidazole rings is 1. The maximum Gasteiger partial charge on any atom is 0.146 e. The van der Waals surface area contributed by atoms with Crippen molar-refractivity contribution in [3.05, 3.63) is 42.0 Å². The molecule has 102 valence electrons. The average molecular weight is 261 g/mol. The largest absolute Gasteiger partial charge is 0.497 e. The van der Waals surface area contributed by atoms with Crippen LogP contribution in [0.1, 0.15) is 18.3 Å². The van der Waals surface area contributed by atoms with Gasteiger partial charge >= 0.3 is 0 Å². The van der Waals surface area contributed by atoms with Crippen molar-refractivity contribution in [2.24, 2.45) is 5.73 Å². The Kier molecular flexibility index (Phi) is 4.41. The van der Waals surface area contributed by atoms with Gasteiger partial charge in [-0.15, -0.1) is 0 Å². The number of aryl methyl sites for hydroxylation is 1. The van der Waals surface area contributed by atoms with Crippen molar-refractivity contribution in [1.29, 1.82) is 0 Å². The summed E-state index contributed by atoms with van der Waals surface area (Å²) in [5, 5.41) is 0. The van der Waals surface area contributed by atoms with Gasteiger partial charge in [0.25, 0.3) is 0 Å². The number of ether oxygens (including phenoxy) is 2. The van der Waals surface area contributed by atoms with Gasteiger partial charge in [-0.3, -0.25) is 0 Å². The van der Waals surface area contributed by atoms with Crippen molar-refractivity contribution in [2.75, 3.05) is 7.11 Å². The van der Waals surface area contributed by atoms with E-state index in [-0.39, 0.29) is 0 Å². The number of methoxy groups -OCH3 is 1. The van der Waals surface area contributed by atoms with Crippen molar-refractivity contribution >= 4 is 0 Å². The first-order valence-electron chi connectivity index (χ1n) is 6.28. The molecule has 0 amide bonds. The molecule has 0 saturated carbocycles. The van der Waals surface area contributed by atoms with Crippen molar-refractivity contribution in [1.82, 2.24) is 9.55 Å². The lowest BCUT2D eigenvalue weighted by Crippen LogP contribution is -2.07. The molecule has 0 bridgehead atoms. The highest BCUT2D eigenvalue weighted by molar-refractivity contribution is 5.40. The zero-order valence-corrected chi connectivity index (χ0v) is 11.3. The van der Waals surface area contributed by atoms with E-state index in [4.69, 9.17) is 15.2 Å². The molecule has 0 aliphatic heterocycles. The Bertz CT molecular complexity index is 537. The molecule has 0 radical (unpaired) electrons. The molecule has 1 aromatic heterocycles. The van der Waals surface area contributed by atoms with E-state index in [2.05, 4.69) is 11.9 Å². The summed E-state index contributed by atoms with van der Waals surface area (Å²) in [7, 11) is 1.63. The number of aromatic nitrogens is 2. The minimum absolute atomic E-state index is 0.411. The fraction of sp³-hybridized carbons (Fsp3) is 0.357. The van der Waals surface area contributed by atoms with Crippen LogP contribution in [0, 0.1) is 0 Å². The summed E-state index contributed by atoms with van der Waals surface area (Å²) < 4.78 is 13.0. The van der Waals surface area contributed by atoms with Crippen LogP contribution in [0.3, 0.4) is 0 Å². The van der Waals surface area contributed by atoms with Gasteiger partial charge in [0.15, 0.2) is 0 Å². The van der Waals surface area contributed by atoms with Crippen LogP contribution >= 0.6 is 0 Å². The molecule has 19 heavy (non-hydrogen) atoms. The van der Waals surface area contributed by atoms with Crippen LogP contribution in [0.15, 0.2) is 30.6 Å². The van der Waals surface area contributed by atoms with Gasteiger partial charge in [-0.1, -0.05) is 0 Å². The molecule has 0 fully saturated rings. The van der Waals surface area contributed by atoms with Crippen LogP contribution in [-0.2, 0) is 19.7 Å². The predicted octanol–water partition coefficient (Wildman–Crippen LogP) is 1.95. The molecule has 0 atom stereocenters. The second-order valence-corrected chi connectivity index (χ2v) is 4.10. The van der Waals surface area contributed by atoms with E-state index < -0.39 is 0 Å². The third-order valence-corrected chi connectivity index (χ3v) is 2.99. The first-order valence-corrected chi connectivity index (χ1v) is 6.28. The number of benzene rings is 1. The first-order chi connectivity index (χ1) is 9.28. The molecule has 2 N–H and O–H groups in total. The maximum atomic E-state index is 5.80. The zero-order chi connectivity index (χ0) is 13.7. The number of nitrogens with zero attached hydrogens (tertiary/aromatic N) is 2. The van der Waals surface area contributed by atoms with Crippen LogP contribution in [0.5, 0.6) is 11.5 Å². The minimum Gasteiger partial charge on any atom is -0.497 e. The Morgan fingerprint density at radius 2 is 2.21 bits per heavy atom. The van der Waals surface area contributed by atoms with Gasteiger partial charge in [0.1, 0.15) is 23.9 Å². The topological polar surface area (TPSA) is 62.3 Å². The summed E-state index contributed by atoms with van der Waals surface area (Å²) in [5.41, 5.74) is 6.65. The molecule has 0 spiro atoms. The SMILES string of the molecule is CCn1ccnc1COc1ccc(OC)cc1CN. The van der Waals surface area contributed by atoms with E-state index in [1.807, 2.05) is 29.0 Å². The van der Waals surface area contributed by atoms with Crippen LogP contribution in [0.4, 0.5) is 0 Å². The third kappa shape index (κ3) is 3.06. The smallest absolute Gasteiger partial charge is 0.146 e. The van der Waals surface area contributed by atoms with E-state index >= 15 is 0 Å². The fourth-order valence-electron chi connectivity index (χ4n) is 1.89. The highest BCUT2D eigenvalue weighted by atomic mass is 16.5. The van der Waals surface area contributed by atoms with Gasteiger partial charge in [0.05, 0.1) is 7.11 Å². The Balaban J connectivity index is 2.11. The standard InChI is InChI=1S/C14H19N3O2/c1-3-17-7-6-16-14(17)10-19-13-5-4-12(18-2)8-11(13)9-15/h4-8H,3,9-10,15H2,1-2H3. The molecule has 5 nitrogen and oxygen atoms in total. The number of hydrogen-bond acceptors (Lipinski definition) is 4. The van der Waals surface area contributed by atoms with Gasteiger partial charge < -0.3 is 19.8 Å². The van der Waals surface area contributed by atoms with Gasteiger partial charge in [-0.05, 0) is 25.1 Å². The van der Waals surface area contributed by atoms with E-state index in [9.17, 15) is 0 Å². The van der Waals surface area contributed by atoms with Crippen LogP contribution in [0.2, 0.25) is 0 Å². The molecule has 2 aromatic rings. The molecule has 0 aliphatic rings. The Morgan fingerprint density at radius 1 is 1.37 bits per heavy atom. The summed E-state index contributed by atoms with van der Waals surface area (Å²) in [5.74, 6) is 2.46. The fourth-order valence-corrected chi connectivity index (χ4v) is 1.89. The Morgan fingerprint density at radius 3 is 2.89 bits per heavy atom. The van der Waals surface area contributed by atoms with E-state index in [0.29, 0.717) is 13.2 Å². The normalized spacial score (nSPS) is 10.5. The number of hydrogen-bond donors (Lipinski definition) is 1. The summed E-state index contributed by atoms with van der Waals surface area (Å²) in [6.07, 6.45) is 3.72. The van der Waals surface area contributed by atoms with Crippen molar-refractivity contribution in [3.8, 4) is 11.5 Å². The zero-order valence-electron chi connectivity index (χ0n) is 11.3. The lowest BCUT2D eigenvalue weighted by Gasteiger charge is -2.12. The predicted molar refractivity (Wildman–Crippen MR) is 73.1 cm³/mol. The quantitative estimate of drug-likeness (QED) is 0.863. The lowest BCUT2D eigenvalue weighted by atomic mass is 10.2. The molecular weight excluding hydrogens is 242 g/mol. The molecular formula is C14H19N3O2. The van der Waals surface area contributed by atoms with E-state index in [0.717, 1.165) is 29.4 Å². The first kappa shape index (κ1) is 13.4. The van der Waals surface area contributed by atoms with Gasteiger partial charge in [-0.2, -0.15) is 0 Å². The van der Waals surface area contributed by atoms with Crippen LogP contribution in [0.25, 0.3) is 0 Å². The molecule has 2 rings (SSSR count). The van der Waals surface area contributed by atoms with E-state index in [1.54, 1.807) is 13.3 Å². The summed E-state index contributed by atoms with van der Waals surface area (Å²) >= 11 is 0. The summed E-state index contributed by atoms with van der Waals surface area (Å²) in [4.78, 5) is 4.27. The van der Waals surface area contributed by atoms with Gasteiger partial charge in [-0.25, -0.2) is 4.98 Å². The van der Waals surface area contributed by atoms with Gasteiger partial charge in [0.2, 0.25) is 0 Å². The highest BCUT2D eigenvalue weighted by Crippen LogP contribution is 2.24. The second-order valence-electron chi connectivity index (χ2n) is 4.10. The summed E-state index contributed by atoms with van der Waals surface area (Å²) in [6.45, 7) is 3.80. The molecule has 1 heterocycles. The number of rotatable bonds is 6. The molecule has 0 aliphatic carbocycles. The minimum atomic E-state index is 0.411. The third-order valence-electron chi connectivity index (χ3n) is 2.99. The van der Waals surface area contributed by atoms with Crippen molar-refractivity contribution < 1.29 is 9.47 Å². The monoisotopic (exact) mass is 261 g/mol. The van der Waals surface area contributed by atoms with Crippen LogP contribution in [-0.4, -0.2) is 16.7 Å². The lowest BCUT2D eigenvalue weighted by molar-refractivity contribution is 0.286. The summed E-state index contributed by atoms with van der Waals surface area (Å²) in [6, 6.07) is 5.63. The van der Waals surface area contributed by atoms with Crippen molar-refractivity contribution in [2.45, 2.75) is 26.6 Å². The van der Waals surface area contributed by atoms with Gasteiger partial charge in [0, 0.05) is 31.0 Å². The molecule has 5 heteroatoms. The maximum absolute atomic E-state index is 5.80. The average Bonchev–Trinajstić information content (AvgIpc) is 2.92. The Hall–Kier alpha value is -2.01. The Labute approximate surface area is 113 Å². The highest BCUT2D eigenvalue weighted by Gasteiger charge is 2.07. The van der Waals surface area contributed by atoms with Crippen molar-refractivity contribution in [3.63, 3.8) is 0 Å². The molecule has 0 unspecified atom stereocenters. The van der Waals surface area contributed by atoms with E-state index in [1.165, 1.54) is 0 Å².